The monoisotopic (exact) mass is 301 g/mol. The molecule has 1 aliphatic carbocycles. The molecule has 1 fully saturated rings. The molecule has 1 amide bonds. The van der Waals surface area contributed by atoms with Crippen LogP contribution in [0.15, 0.2) is 48.5 Å². The van der Waals surface area contributed by atoms with Crippen molar-refractivity contribution in [1.29, 1.82) is 0 Å². The Morgan fingerprint density at radius 3 is 2.36 bits per heavy atom. The maximum Gasteiger partial charge on any atom is 0.228 e. The fourth-order valence-electron chi connectivity index (χ4n) is 3.20. The molecule has 2 atom stereocenters. The summed E-state index contributed by atoms with van der Waals surface area (Å²) < 4.78 is 26.1. The maximum absolute atomic E-state index is 13.2. The zero-order chi connectivity index (χ0) is 15.9. The van der Waals surface area contributed by atoms with Crippen molar-refractivity contribution in [1.82, 2.24) is 0 Å². The molecule has 0 saturated heterocycles. The van der Waals surface area contributed by atoms with Crippen molar-refractivity contribution in [3.05, 3.63) is 65.7 Å². The SMILES string of the molecule is CC1(C)[C@H](c2ccccc2)[C@@H]1C(=O)Nc1ccc(F)c(F)c1. The van der Waals surface area contributed by atoms with Gasteiger partial charge in [0.2, 0.25) is 5.91 Å². The number of carbonyl (C=O) groups excluding carboxylic acids is 1. The predicted octanol–water partition coefficient (Wildman–Crippen LogP) is 4.34. The quantitative estimate of drug-likeness (QED) is 0.897. The Kier molecular flexibility index (Phi) is 3.47. The van der Waals surface area contributed by atoms with Crippen molar-refractivity contribution in [3.8, 4) is 0 Å². The third-order valence-corrected chi connectivity index (χ3v) is 4.46. The third kappa shape index (κ3) is 2.49. The largest absolute Gasteiger partial charge is 0.326 e. The first-order valence-corrected chi connectivity index (χ1v) is 7.22. The van der Waals surface area contributed by atoms with Gasteiger partial charge in [-0.05, 0) is 23.1 Å². The molecule has 1 N–H and O–H groups in total. The number of carbonyl (C=O) groups is 1. The number of rotatable bonds is 3. The Morgan fingerprint density at radius 1 is 1.05 bits per heavy atom. The number of amides is 1. The van der Waals surface area contributed by atoms with Gasteiger partial charge in [-0.3, -0.25) is 4.79 Å². The highest BCUT2D eigenvalue weighted by molar-refractivity contribution is 5.96. The van der Waals surface area contributed by atoms with Crippen molar-refractivity contribution in [3.63, 3.8) is 0 Å². The number of benzene rings is 2. The molecule has 0 heterocycles. The zero-order valence-corrected chi connectivity index (χ0v) is 12.4. The first-order chi connectivity index (χ1) is 10.4. The lowest BCUT2D eigenvalue weighted by atomic mass is 10.0. The summed E-state index contributed by atoms with van der Waals surface area (Å²) in [6, 6.07) is 13.2. The van der Waals surface area contributed by atoms with Gasteiger partial charge in [-0.2, -0.15) is 0 Å². The highest BCUT2D eigenvalue weighted by atomic mass is 19.2. The number of anilines is 1. The fourth-order valence-corrected chi connectivity index (χ4v) is 3.20. The summed E-state index contributed by atoms with van der Waals surface area (Å²) in [7, 11) is 0. The van der Waals surface area contributed by atoms with E-state index in [1.54, 1.807) is 0 Å². The first-order valence-electron chi connectivity index (χ1n) is 7.22. The highest BCUT2D eigenvalue weighted by Crippen LogP contribution is 2.64. The van der Waals surface area contributed by atoms with Crippen LogP contribution in [0.25, 0.3) is 0 Å². The minimum Gasteiger partial charge on any atom is -0.326 e. The Morgan fingerprint density at radius 2 is 1.73 bits per heavy atom. The standard InChI is InChI=1S/C18H17F2NO/c1-18(2)15(11-6-4-3-5-7-11)16(18)17(22)21-12-8-9-13(19)14(20)10-12/h3-10,15-16H,1-2H3,(H,21,22)/t15-,16-/m1/s1. The van der Waals surface area contributed by atoms with E-state index in [2.05, 4.69) is 5.32 Å². The first kappa shape index (κ1) is 14.7. The molecule has 114 valence electrons. The van der Waals surface area contributed by atoms with Crippen LogP contribution in [-0.4, -0.2) is 5.91 Å². The van der Waals surface area contributed by atoms with E-state index in [0.717, 1.165) is 17.7 Å². The van der Waals surface area contributed by atoms with Crippen LogP contribution in [0.1, 0.15) is 25.3 Å². The zero-order valence-electron chi connectivity index (χ0n) is 12.4. The van der Waals surface area contributed by atoms with Crippen LogP contribution in [0, 0.1) is 23.0 Å². The molecule has 2 nitrogen and oxygen atoms in total. The molecular weight excluding hydrogens is 284 g/mol. The van der Waals surface area contributed by atoms with Gasteiger partial charge < -0.3 is 5.32 Å². The predicted molar refractivity (Wildman–Crippen MR) is 81.4 cm³/mol. The summed E-state index contributed by atoms with van der Waals surface area (Å²) in [4.78, 5) is 12.4. The van der Waals surface area contributed by atoms with E-state index in [9.17, 15) is 13.6 Å². The van der Waals surface area contributed by atoms with Gasteiger partial charge >= 0.3 is 0 Å². The topological polar surface area (TPSA) is 29.1 Å². The molecular formula is C18H17F2NO. The Labute approximate surface area is 128 Å². The average Bonchev–Trinajstić information content (AvgIpc) is 3.07. The molecule has 22 heavy (non-hydrogen) atoms. The van der Waals surface area contributed by atoms with Gasteiger partial charge in [0.05, 0.1) is 5.92 Å². The van der Waals surface area contributed by atoms with E-state index < -0.39 is 11.6 Å². The van der Waals surface area contributed by atoms with Crippen molar-refractivity contribution >= 4 is 11.6 Å². The van der Waals surface area contributed by atoms with Gasteiger partial charge in [-0.15, -0.1) is 0 Å². The van der Waals surface area contributed by atoms with E-state index in [1.165, 1.54) is 6.07 Å². The van der Waals surface area contributed by atoms with Crippen molar-refractivity contribution in [2.24, 2.45) is 11.3 Å². The van der Waals surface area contributed by atoms with Crippen LogP contribution < -0.4 is 5.32 Å². The number of hydrogen-bond donors (Lipinski definition) is 1. The molecule has 0 radical (unpaired) electrons. The van der Waals surface area contributed by atoms with E-state index in [1.807, 2.05) is 44.2 Å². The van der Waals surface area contributed by atoms with Crippen LogP contribution in [0.5, 0.6) is 0 Å². The molecule has 1 aliphatic rings. The molecule has 0 unspecified atom stereocenters. The lowest BCUT2D eigenvalue weighted by Gasteiger charge is -2.06. The van der Waals surface area contributed by atoms with Crippen molar-refractivity contribution < 1.29 is 13.6 Å². The third-order valence-electron chi connectivity index (χ3n) is 4.46. The molecule has 0 aromatic heterocycles. The highest BCUT2D eigenvalue weighted by Gasteiger charge is 2.62. The van der Waals surface area contributed by atoms with Gasteiger partial charge in [0.15, 0.2) is 11.6 Å². The molecule has 3 rings (SSSR count). The second-order valence-electron chi connectivity index (χ2n) is 6.31. The van der Waals surface area contributed by atoms with Crippen LogP contribution in [0.4, 0.5) is 14.5 Å². The van der Waals surface area contributed by atoms with Gasteiger partial charge in [-0.1, -0.05) is 44.2 Å². The summed E-state index contributed by atoms with van der Waals surface area (Å²) in [5, 5.41) is 2.68. The van der Waals surface area contributed by atoms with Gasteiger partial charge in [0.1, 0.15) is 0 Å². The van der Waals surface area contributed by atoms with Crippen LogP contribution in [0.2, 0.25) is 0 Å². The summed E-state index contributed by atoms with van der Waals surface area (Å²) in [6.07, 6.45) is 0. The lowest BCUT2D eigenvalue weighted by Crippen LogP contribution is -2.17. The lowest BCUT2D eigenvalue weighted by molar-refractivity contribution is -0.118. The van der Waals surface area contributed by atoms with Crippen LogP contribution >= 0.6 is 0 Å². The summed E-state index contributed by atoms with van der Waals surface area (Å²) in [6.45, 7) is 4.08. The molecule has 2 aromatic rings. The van der Waals surface area contributed by atoms with Gasteiger partial charge in [0, 0.05) is 17.7 Å². The van der Waals surface area contributed by atoms with Crippen LogP contribution in [0.3, 0.4) is 0 Å². The minimum absolute atomic E-state index is 0.138. The smallest absolute Gasteiger partial charge is 0.228 e. The van der Waals surface area contributed by atoms with Crippen molar-refractivity contribution in [2.75, 3.05) is 5.32 Å². The summed E-state index contributed by atoms with van der Waals surface area (Å²) >= 11 is 0. The van der Waals surface area contributed by atoms with Crippen molar-refractivity contribution in [2.45, 2.75) is 19.8 Å². The fraction of sp³-hybridized carbons (Fsp3) is 0.278. The Bertz CT molecular complexity index is 712. The number of hydrogen-bond acceptors (Lipinski definition) is 1. The molecule has 2 aromatic carbocycles. The maximum atomic E-state index is 13.2. The number of nitrogens with one attached hydrogen (secondary N) is 1. The van der Waals surface area contributed by atoms with E-state index in [4.69, 9.17) is 0 Å². The Hall–Kier alpha value is -2.23. The Balaban J connectivity index is 1.77. The molecule has 4 heteroatoms. The van der Waals surface area contributed by atoms with Gasteiger partial charge in [-0.25, -0.2) is 8.78 Å². The molecule has 0 aliphatic heterocycles. The van der Waals surface area contributed by atoms with Gasteiger partial charge in [0.25, 0.3) is 0 Å². The number of halogens is 2. The summed E-state index contributed by atoms with van der Waals surface area (Å²) in [5.41, 5.74) is 1.25. The summed E-state index contributed by atoms with van der Waals surface area (Å²) in [5.74, 6) is -2.09. The normalized spacial score (nSPS) is 22.2. The minimum atomic E-state index is -0.965. The van der Waals surface area contributed by atoms with E-state index >= 15 is 0 Å². The van der Waals surface area contributed by atoms with Crippen LogP contribution in [-0.2, 0) is 4.79 Å². The average molecular weight is 301 g/mol. The van der Waals surface area contributed by atoms with E-state index in [0.29, 0.717) is 0 Å². The molecule has 0 spiro atoms. The second kappa shape index (κ2) is 5.20. The van der Waals surface area contributed by atoms with E-state index in [-0.39, 0.29) is 28.8 Å². The molecule has 1 saturated carbocycles. The molecule has 0 bridgehead atoms. The second-order valence-corrected chi connectivity index (χ2v) is 6.31.